The van der Waals surface area contributed by atoms with Crippen LogP contribution in [0.2, 0.25) is 0 Å². The van der Waals surface area contributed by atoms with Gasteiger partial charge in [-0.05, 0) is 43.6 Å². The van der Waals surface area contributed by atoms with Gasteiger partial charge in [0.25, 0.3) is 0 Å². The second kappa shape index (κ2) is 10.6. The summed E-state index contributed by atoms with van der Waals surface area (Å²) in [6, 6.07) is 8.90. The fourth-order valence-corrected chi connectivity index (χ4v) is 2.33. The molecule has 1 aromatic carbocycles. The van der Waals surface area contributed by atoms with E-state index in [2.05, 4.69) is 56.1 Å². The molecule has 0 aliphatic heterocycles. The lowest BCUT2D eigenvalue weighted by Crippen LogP contribution is -2.30. The molecular formula is C18H32N2O. The third-order valence-corrected chi connectivity index (χ3v) is 3.37. The zero-order valence-electron chi connectivity index (χ0n) is 14.2. The highest BCUT2D eigenvalue weighted by atomic mass is 16.5. The minimum Gasteiger partial charge on any atom is -0.492 e. The van der Waals surface area contributed by atoms with Crippen molar-refractivity contribution >= 4 is 0 Å². The summed E-state index contributed by atoms with van der Waals surface area (Å²) in [4.78, 5) is 2.48. The summed E-state index contributed by atoms with van der Waals surface area (Å²) in [5.74, 6) is 0.978. The van der Waals surface area contributed by atoms with Gasteiger partial charge in [0.2, 0.25) is 0 Å². The van der Waals surface area contributed by atoms with Gasteiger partial charge in [0.1, 0.15) is 12.4 Å². The number of nitrogens with one attached hydrogen (secondary N) is 1. The first-order valence-electron chi connectivity index (χ1n) is 8.33. The summed E-state index contributed by atoms with van der Waals surface area (Å²) in [7, 11) is 0. The third-order valence-electron chi connectivity index (χ3n) is 3.37. The molecule has 0 unspecified atom stereocenters. The van der Waals surface area contributed by atoms with Gasteiger partial charge >= 0.3 is 0 Å². The molecule has 0 fully saturated rings. The van der Waals surface area contributed by atoms with Crippen molar-refractivity contribution in [1.29, 1.82) is 0 Å². The lowest BCUT2D eigenvalue weighted by Gasteiger charge is -2.21. The molecule has 1 aromatic rings. The van der Waals surface area contributed by atoms with Crippen molar-refractivity contribution in [3.8, 4) is 5.75 Å². The second-order valence-electron chi connectivity index (χ2n) is 5.87. The summed E-state index contributed by atoms with van der Waals surface area (Å²) in [5.41, 5.74) is 1.28. The predicted molar refractivity (Wildman–Crippen MR) is 90.9 cm³/mol. The molecular weight excluding hydrogens is 260 g/mol. The van der Waals surface area contributed by atoms with Gasteiger partial charge in [0.05, 0.1) is 0 Å². The molecule has 0 bridgehead atoms. The Morgan fingerprint density at radius 1 is 1.10 bits per heavy atom. The average molecular weight is 292 g/mol. The molecule has 120 valence electrons. The first-order valence-corrected chi connectivity index (χ1v) is 8.33. The number of rotatable bonds is 11. The highest BCUT2D eigenvalue weighted by Gasteiger charge is 2.03. The number of hydrogen-bond acceptors (Lipinski definition) is 3. The van der Waals surface area contributed by atoms with Crippen LogP contribution >= 0.6 is 0 Å². The van der Waals surface area contributed by atoms with Gasteiger partial charge in [-0.1, -0.05) is 39.8 Å². The second-order valence-corrected chi connectivity index (χ2v) is 5.87. The van der Waals surface area contributed by atoms with Crippen LogP contribution in [0, 0.1) is 0 Å². The number of nitrogens with zero attached hydrogens (tertiary/aromatic N) is 1. The van der Waals surface area contributed by atoms with Crippen LogP contribution in [0.3, 0.4) is 0 Å². The minimum absolute atomic E-state index is 0.506. The van der Waals surface area contributed by atoms with E-state index in [9.17, 15) is 0 Å². The number of benzene rings is 1. The zero-order valence-corrected chi connectivity index (χ0v) is 14.2. The molecule has 0 spiro atoms. The van der Waals surface area contributed by atoms with Crippen molar-refractivity contribution in [3.05, 3.63) is 29.8 Å². The van der Waals surface area contributed by atoms with E-state index in [1.165, 1.54) is 18.4 Å². The number of hydrogen-bond donors (Lipinski definition) is 1. The summed E-state index contributed by atoms with van der Waals surface area (Å²) >= 11 is 0. The van der Waals surface area contributed by atoms with E-state index >= 15 is 0 Å². The van der Waals surface area contributed by atoms with E-state index in [0.717, 1.165) is 38.5 Å². The van der Waals surface area contributed by atoms with Crippen molar-refractivity contribution < 1.29 is 4.74 Å². The third kappa shape index (κ3) is 8.08. The van der Waals surface area contributed by atoms with Crippen LogP contribution in [0.25, 0.3) is 0 Å². The van der Waals surface area contributed by atoms with Gasteiger partial charge in [-0.2, -0.15) is 0 Å². The minimum atomic E-state index is 0.506. The standard InChI is InChI=1S/C18H32N2O/c1-5-10-20(11-6-2)12-13-21-18-9-7-8-17(14-18)15-19-16(3)4/h7-9,14,16,19H,5-6,10-13,15H2,1-4H3. The Bertz CT molecular complexity index is 373. The molecule has 0 amide bonds. The Morgan fingerprint density at radius 3 is 2.43 bits per heavy atom. The molecule has 3 nitrogen and oxygen atoms in total. The lowest BCUT2D eigenvalue weighted by molar-refractivity contribution is 0.209. The molecule has 0 saturated heterocycles. The molecule has 1 N–H and O–H groups in total. The molecule has 0 saturated carbocycles. The Balaban J connectivity index is 2.38. The fourth-order valence-electron chi connectivity index (χ4n) is 2.33. The maximum Gasteiger partial charge on any atom is 0.119 e. The molecule has 1 rings (SSSR count). The van der Waals surface area contributed by atoms with E-state index in [0.29, 0.717) is 6.04 Å². The van der Waals surface area contributed by atoms with Crippen LogP contribution in [-0.4, -0.2) is 37.2 Å². The van der Waals surface area contributed by atoms with Crippen LogP contribution < -0.4 is 10.1 Å². The Labute approximate surface area is 130 Å². The summed E-state index contributed by atoms with van der Waals surface area (Å²) in [5, 5.41) is 3.43. The highest BCUT2D eigenvalue weighted by molar-refractivity contribution is 5.28. The van der Waals surface area contributed by atoms with Crippen LogP contribution in [0.5, 0.6) is 5.75 Å². The van der Waals surface area contributed by atoms with Gasteiger partial charge in [-0.15, -0.1) is 0 Å². The Hall–Kier alpha value is -1.06. The largest absolute Gasteiger partial charge is 0.492 e. The van der Waals surface area contributed by atoms with Crippen LogP contribution in [0.1, 0.15) is 46.1 Å². The molecule has 21 heavy (non-hydrogen) atoms. The quantitative estimate of drug-likeness (QED) is 0.673. The smallest absolute Gasteiger partial charge is 0.119 e. The van der Waals surface area contributed by atoms with Gasteiger partial charge in [-0.3, -0.25) is 4.90 Å². The molecule has 0 radical (unpaired) electrons. The maximum absolute atomic E-state index is 5.91. The van der Waals surface area contributed by atoms with E-state index in [4.69, 9.17) is 4.74 Å². The summed E-state index contributed by atoms with van der Waals surface area (Å²) in [6.45, 7) is 13.8. The van der Waals surface area contributed by atoms with Crippen molar-refractivity contribution in [2.75, 3.05) is 26.2 Å². The van der Waals surface area contributed by atoms with E-state index in [1.807, 2.05) is 6.07 Å². The topological polar surface area (TPSA) is 24.5 Å². The first kappa shape index (κ1) is 18.0. The molecule has 0 heterocycles. The van der Waals surface area contributed by atoms with Crippen molar-refractivity contribution in [2.24, 2.45) is 0 Å². The fraction of sp³-hybridized carbons (Fsp3) is 0.667. The van der Waals surface area contributed by atoms with Crippen LogP contribution in [0.15, 0.2) is 24.3 Å². The Kier molecular flexibility index (Phi) is 9.11. The van der Waals surface area contributed by atoms with E-state index in [1.54, 1.807) is 0 Å². The normalized spacial score (nSPS) is 11.3. The summed E-state index contributed by atoms with van der Waals surface area (Å²) < 4.78 is 5.91. The highest BCUT2D eigenvalue weighted by Crippen LogP contribution is 2.13. The number of ether oxygens (including phenoxy) is 1. The molecule has 0 aliphatic rings. The van der Waals surface area contributed by atoms with Crippen molar-refractivity contribution in [3.63, 3.8) is 0 Å². The van der Waals surface area contributed by atoms with Crippen LogP contribution in [0.4, 0.5) is 0 Å². The SMILES string of the molecule is CCCN(CCC)CCOc1cccc(CNC(C)C)c1. The van der Waals surface area contributed by atoms with E-state index < -0.39 is 0 Å². The molecule has 0 aliphatic carbocycles. The summed E-state index contributed by atoms with van der Waals surface area (Å²) in [6.07, 6.45) is 2.41. The molecule has 0 atom stereocenters. The van der Waals surface area contributed by atoms with Gasteiger partial charge in [0, 0.05) is 19.1 Å². The lowest BCUT2D eigenvalue weighted by atomic mass is 10.2. The van der Waals surface area contributed by atoms with Gasteiger partial charge in [-0.25, -0.2) is 0 Å². The first-order chi connectivity index (χ1) is 10.2. The zero-order chi connectivity index (χ0) is 15.5. The molecule has 0 aromatic heterocycles. The van der Waals surface area contributed by atoms with Gasteiger partial charge < -0.3 is 10.1 Å². The monoisotopic (exact) mass is 292 g/mol. The average Bonchev–Trinajstić information content (AvgIpc) is 2.46. The van der Waals surface area contributed by atoms with Crippen molar-refractivity contribution in [1.82, 2.24) is 10.2 Å². The van der Waals surface area contributed by atoms with Crippen LogP contribution in [-0.2, 0) is 6.54 Å². The predicted octanol–water partition coefficient (Wildman–Crippen LogP) is 3.69. The maximum atomic E-state index is 5.91. The van der Waals surface area contributed by atoms with Crippen molar-refractivity contribution in [2.45, 2.75) is 53.1 Å². The van der Waals surface area contributed by atoms with Gasteiger partial charge in [0.15, 0.2) is 0 Å². The molecule has 3 heteroatoms. The van der Waals surface area contributed by atoms with E-state index in [-0.39, 0.29) is 0 Å². The Morgan fingerprint density at radius 2 is 1.81 bits per heavy atom.